The summed E-state index contributed by atoms with van der Waals surface area (Å²) in [5, 5.41) is 11.0. The normalized spacial score (nSPS) is 16.5. The van der Waals surface area contributed by atoms with Crippen molar-refractivity contribution >= 4 is 17.3 Å². The van der Waals surface area contributed by atoms with E-state index in [1.807, 2.05) is 0 Å². The summed E-state index contributed by atoms with van der Waals surface area (Å²) < 4.78 is 10.8. The van der Waals surface area contributed by atoms with E-state index in [2.05, 4.69) is 0 Å². The van der Waals surface area contributed by atoms with Gasteiger partial charge in [-0.25, -0.2) is 0 Å². The average Bonchev–Trinajstić information content (AvgIpc) is 2.37. The van der Waals surface area contributed by atoms with Gasteiger partial charge in [-0.1, -0.05) is 17.7 Å². The van der Waals surface area contributed by atoms with Gasteiger partial charge in [0.25, 0.3) is 0 Å². The van der Waals surface area contributed by atoms with Gasteiger partial charge in [0.15, 0.2) is 5.75 Å². The van der Waals surface area contributed by atoms with E-state index in [0.29, 0.717) is 12.5 Å². The largest absolute Gasteiger partial charge is 0.486 e. The van der Waals surface area contributed by atoms with Crippen LogP contribution in [0.3, 0.4) is 0 Å². The third-order valence-corrected chi connectivity index (χ3v) is 3.25. The summed E-state index contributed by atoms with van der Waals surface area (Å²) in [6.45, 7) is 1.92. The maximum atomic E-state index is 10.9. The maximum absolute atomic E-state index is 10.9. The Kier molecular flexibility index (Phi) is 4.38. The lowest BCUT2D eigenvalue weighted by Gasteiger charge is -2.22. The van der Waals surface area contributed by atoms with Gasteiger partial charge in [-0.15, -0.1) is 0 Å². The number of nitrogens with zero attached hydrogens (tertiary/aromatic N) is 1. The van der Waals surface area contributed by atoms with E-state index in [1.165, 1.54) is 6.07 Å². The molecule has 1 aromatic rings. The van der Waals surface area contributed by atoms with Gasteiger partial charge in [-0.3, -0.25) is 10.1 Å². The Morgan fingerprint density at radius 2 is 2.17 bits per heavy atom. The standard InChI is InChI=1S/C12H14ClNO4/c13-10-2-1-3-11(12(10)14(15)16)18-8-9-4-6-17-7-5-9/h1-3,9H,4-8H2. The predicted molar refractivity (Wildman–Crippen MR) is 67.1 cm³/mol. The van der Waals surface area contributed by atoms with Crippen LogP contribution in [0, 0.1) is 16.0 Å². The van der Waals surface area contributed by atoms with Crippen LogP contribution in [0.1, 0.15) is 12.8 Å². The summed E-state index contributed by atoms with van der Waals surface area (Å²) >= 11 is 5.80. The molecule has 6 heteroatoms. The summed E-state index contributed by atoms with van der Waals surface area (Å²) in [4.78, 5) is 10.4. The molecule has 1 aliphatic rings. The van der Waals surface area contributed by atoms with Crippen LogP contribution in [-0.4, -0.2) is 24.7 Å². The van der Waals surface area contributed by atoms with Gasteiger partial charge >= 0.3 is 5.69 Å². The maximum Gasteiger partial charge on any atom is 0.329 e. The van der Waals surface area contributed by atoms with Crippen LogP contribution >= 0.6 is 11.6 Å². The number of hydrogen-bond acceptors (Lipinski definition) is 4. The molecule has 0 aromatic heterocycles. The quantitative estimate of drug-likeness (QED) is 0.624. The topological polar surface area (TPSA) is 61.6 Å². The molecular formula is C12H14ClNO4. The lowest BCUT2D eigenvalue weighted by atomic mass is 10.0. The highest BCUT2D eigenvalue weighted by Gasteiger charge is 2.21. The van der Waals surface area contributed by atoms with Crippen molar-refractivity contribution < 1.29 is 14.4 Å². The average molecular weight is 272 g/mol. The van der Waals surface area contributed by atoms with Gasteiger partial charge in [0.1, 0.15) is 5.02 Å². The Balaban J connectivity index is 2.04. The molecule has 1 heterocycles. The molecule has 18 heavy (non-hydrogen) atoms. The zero-order chi connectivity index (χ0) is 13.0. The van der Waals surface area contributed by atoms with Gasteiger partial charge in [0.2, 0.25) is 0 Å². The molecule has 5 nitrogen and oxygen atoms in total. The first kappa shape index (κ1) is 13.1. The molecule has 1 aromatic carbocycles. The van der Waals surface area contributed by atoms with Crippen LogP contribution in [0.25, 0.3) is 0 Å². The van der Waals surface area contributed by atoms with Crippen molar-refractivity contribution in [3.05, 3.63) is 33.3 Å². The molecule has 0 N–H and O–H groups in total. The Bertz CT molecular complexity index is 432. The van der Waals surface area contributed by atoms with Crippen molar-refractivity contribution in [2.45, 2.75) is 12.8 Å². The van der Waals surface area contributed by atoms with E-state index in [0.717, 1.165) is 26.1 Å². The van der Waals surface area contributed by atoms with E-state index in [4.69, 9.17) is 21.1 Å². The third kappa shape index (κ3) is 3.11. The number of hydrogen-bond donors (Lipinski definition) is 0. The molecule has 1 fully saturated rings. The molecule has 0 saturated carbocycles. The molecule has 0 unspecified atom stereocenters. The van der Waals surface area contributed by atoms with Gasteiger partial charge in [0, 0.05) is 13.2 Å². The smallest absolute Gasteiger partial charge is 0.329 e. The first-order chi connectivity index (χ1) is 8.68. The number of nitro benzene ring substituents is 1. The number of nitro groups is 1. The highest BCUT2D eigenvalue weighted by molar-refractivity contribution is 6.32. The molecule has 0 spiro atoms. The Morgan fingerprint density at radius 3 is 2.83 bits per heavy atom. The van der Waals surface area contributed by atoms with Gasteiger partial charge in [-0.05, 0) is 30.9 Å². The molecule has 0 amide bonds. The van der Waals surface area contributed by atoms with Gasteiger partial charge < -0.3 is 9.47 Å². The lowest BCUT2D eigenvalue weighted by Crippen LogP contribution is -2.21. The first-order valence-corrected chi connectivity index (χ1v) is 6.19. The highest BCUT2D eigenvalue weighted by atomic mass is 35.5. The molecule has 0 aliphatic carbocycles. The van der Waals surface area contributed by atoms with E-state index >= 15 is 0 Å². The van der Waals surface area contributed by atoms with Crippen molar-refractivity contribution in [1.29, 1.82) is 0 Å². The third-order valence-electron chi connectivity index (χ3n) is 2.95. The minimum absolute atomic E-state index is 0.101. The zero-order valence-corrected chi connectivity index (χ0v) is 10.6. The van der Waals surface area contributed by atoms with Crippen LogP contribution in [0.2, 0.25) is 5.02 Å². The Morgan fingerprint density at radius 1 is 1.44 bits per heavy atom. The second kappa shape index (κ2) is 6.02. The van der Waals surface area contributed by atoms with Crippen LogP contribution in [0.15, 0.2) is 18.2 Å². The number of halogens is 1. The van der Waals surface area contributed by atoms with E-state index in [9.17, 15) is 10.1 Å². The summed E-state index contributed by atoms with van der Waals surface area (Å²) in [5.74, 6) is 0.622. The van der Waals surface area contributed by atoms with Crippen molar-refractivity contribution in [2.24, 2.45) is 5.92 Å². The minimum atomic E-state index is -0.512. The van der Waals surface area contributed by atoms with Gasteiger partial charge in [0.05, 0.1) is 11.5 Å². The van der Waals surface area contributed by atoms with E-state index in [-0.39, 0.29) is 16.5 Å². The Labute approximate surface area is 110 Å². The van der Waals surface area contributed by atoms with Gasteiger partial charge in [-0.2, -0.15) is 0 Å². The fourth-order valence-corrected chi connectivity index (χ4v) is 2.14. The number of para-hydroxylation sites is 1. The fourth-order valence-electron chi connectivity index (χ4n) is 1.91. The van der Waals surface area contributed by atoms with Crippen LogP contribution < -0.4 is 4.74 Å². The second-order valence-electron chi connectivity index (χ2n) is 4.21. The first-order valence-electron chi connectivity index (χ1n) is 5.82. The summed E-state index contributed by atoms with van der Waals surface area (Å²) in [5.41, 5.74) is -0.161. The van der Waals surface area contributed by atoms with Crippen LogP contribution in [0.4, 0.5) is 5.69 Å². The SMILES string of the molecule is O=[N+]([O-])c1c(Cl)cccc1OCC1CCOCC1. The van der Waals surface area contributed by atoms with Crippen molar-refractivity contribution in [3.8, 4) is 5.75 Å². The molecule has 0 atom stereocenters. The number of rotatable bonds is 4. The van der Waals surface area contributed by atoms with Crippen LogP contribution in [-0.2, 0) is 4.74 Å². The molecular weight excluding hydrogens is 258 g/mol. The van der Waals surface area contributed by atoms with Crippen LogP contribution in [0.5, 0.6) is 5.75 Å². The predicted octanol–water partition coefficient (Wildman–Crippen LogP) is 3.05. The molecule has 0 radical (unpaired) electrons. The monoisotopic (exact) mass is 271 g/mol. The number of ether oxygens (including phenoxy) is 2. The van der Waals surface area contributed by atoms with Crippen molar-refractivity contribution in [3.63, 3.8) is 0 Å². The highest BCUT2D eigenvalue weighted by Crippen LogP contribution is 2.34. The fraction of sp³-hybridized carbons (Fsp3) is 0.500. The van der Waals surface area contributed by atoms with E-state index in [1.54, 1.807) is 12.1 Å². The van der Waals surface area contributed by atoms with Crippen molar-refractivity contribution in [1.82, 2.24) is 0 Å². The second-order valence-corrected chi connectivity index (χ2v) is 4.62. The zero-order valence-electron chi connectivity index (χ0n) is 9.80. The lowest BCUT2D eigenvalue weighted by molar-refractivity contribution is -0.385. The minimum Gasteiger partial charge on any atom is -0.486 e. The Hall–Kier alpha value is -1.33. The summed E-state index contributed by atoms with van der Waals surface area (Å²) in [7, 11) is 0. The molecule has 0 bridgehead atoms. The summed E-state index contributed by atoms with van der Waals surface area (Å²) in [6.07, 6.45) is 1.85. The molecule has 98 valence electrons. The number of benzene rings is 1. The summed E-state index contributed by atoms with van der Waals surface area (Å²) in [6, 6.07) is 4.71. The molecule has 1 saturated heterocycles. The molecule has 2 rings (SSSR count). The molecule has 1 aliphatic heterocycles. The van der Waals surface area contributed by atoms with E-state index < -0.39 is 4.92 Å². The van der Waals surface area contributed by atoms with Crippen molar-refractivity contribution in [2.75, 3.05) is 19.8 Å².